The molecule has 1 aliphatic rings. The van der Waals surface area contributed by atoms with Crippen LogP contribution < -0.4 is 0 Å². The third kappa shape index (κ3) is 1.49. The highest BCUT2D eigenvalue weighted by Crippen LogP contribution is 2.24. The maximum atomic E-state index is 11.4. The summed E-state index contributed by atoms with van der Waals surface area (Å²) in [5.41, 5.74) is 2.29. The van der Waals surface area contributed by atoms with Crippen LogP contribution >= 0.6 is 0 Å². The standard InChI is InChI=1S/C11H12O2/c1-8-4-2-3-5-9(8)10-6-13-7-11(10)12/h2-5,10H,6-7H2,1H3/t10-/m0/s1. The lowest BCUT2D eigenvalue weighted by Gasteiger charge is -2.09. The molecule has 0 amide bonds. The van der Waals surface area contributed by atoms with Crippen molar-refractivity contribution in [3.05, 3.63) is 35.4 Å². The van der Waals surface area contributed by atoms with E-state index in [1.807, 2.05) is 31.2 Å². The molecule has 1 aromatic rings. The molecule has 1 atom stereocenters. The van der Waals surface area contributed by atoms with Crippen molar-refractivity contribution in [2.75, 3.05) is 13.2 Å². The maximum Gasteiger partial charge on any atom is 0.168 e. The average Bonchev–Trinajstić information content (AvgIpc) is 2.52. The Balaban J connectivity index is 2.34. The van der Waals surface area contributed by atoms with Gasteiger partial charge in [0.1, 0.15) is 6.61 Å². The molecule has 1 aliphatic heterocycles. The summed E-state index contributed by atoms with van der Waals surface area (Å²) in [5.74, 6) is 0.176. The maximum absolute atomic E-state index is 11.4. The molecule has 2 nitrogen and oxygen atoms in total. The highest BCUT2D eigenvalue weighted by atomic mass is 16.5. The number of Topliss-reactive ketones (excluding diaryl/α,β-unsaturated/α-hetero) is 1. The van der Waals surface area contributed by atoms with Crippen molar-refractivity contribution in [2.24, 2.45) is 0 Å². The van der Waals surface area contributed by atoms with Crippen LogP contribution in [0.2, 0.25) is 0 Å². The van der Waals surface area contributed by atoms with Gasteiger partial charge in [-0.25, -0.2) is 0 Å². The first kappa shape index (κ1) is 8.45. The molecule has 0 spiro atoms. The Kier molecular flexibility index (Phi) is 2.15. The summed E-state index contributed by atoms with van der Waals surface area (Å²) in [6.45, 7) is 2.85. The van der Waals surface area contributed by atoms with Crippen molar-refractivity contribution >= 4 is 5.78 Å². The van der Waals surface area contributed by atoms with E-state index in [9.17, 15) is 4.79 Å². The summed E-state index contributed by atoms with van der Waals surface area (Å²) in [4.78, 5) is 11.4. The molecule has 2 rings (SSSR count). The first-order valence-electron chi connectivity index (χ1n) is 4.45. The van der Waals surface area contributed by atoms with Crippen LogP contribution in [0.5, 0.6) is 0 Å². The van der Waals surface area contributed by atoms with E-state index in [0.717, 1.165) is 5.56 Å². The third-order valence-corrected chi connectivity index (χ3v) is 2.48. The van der Waals surface area contributed by atoms with Gasteiger partial charge in [0.05, 0.1) is 12.5 Å². The molecule has 0 N–H and O–H groups in total. The molecule has 1 heterocycles. The van der Waals surface area contributed by atoms with Crippen molar-refractivity contribution in [1.29, 1.82) is 0 Å². The summed E-state index contributed by atoms with van der Waals surface area (Å²) >= 11 is 0. The van der Waals surface area contributed by atoms with Crippen molar-refractivity contribution in [3.63, 3.8) is 0 Å². The van der Waals surface area contributed by atoms with Gasteiger partial charge < -0.3 is 4.74 Å². The van der Waals surface area contributed by atoms with Crippen molar-refractivity contribution in [3.8, 4) is 0 Å². The number of ketones is 1. The molecular formula is C11H12O2. The Labute approximate surface area is 77.5 Å². The van der Waals surface area contributed by atoms with Crippen LogP contribution in [0.15, 0.2) is 24.3 Å². The van der Waals surface area contributed by atoms with E-state index in [-0.39, 0.29) is 18.3 Å². The van der Waals surface area contributed by atoms with Crippen LogP contribution in [-0.2, 0) is 9.53 Å². The second kappa shape index (κ2) is 3.30. The van der Waals surface area contributed by atoms with E-state index in [1.54, 1.807) is 0 Å². The third-order valence-electron chi connectivity index (χ3n) is 2.48. The highest BCUT2D eigenvalue weighted by Gasteiger charge is 2.27. The molecule has 2 heteroatoms. The van der Waals surface area contributed by atoms with Gasteiger partial charge >= 0.3 is 0 Å². The number of carbonyl (C=O) groups excluding carboxylic acids is 1. The lowest BCUT2D eigenvalue weighted by molar-refractivity contribution is -0.118. The topological polar surface area (TPSA) is 26.3 Å². The van der Waals surface area contributed by atoms with Gasteiger partial charge in [-0.1, -0.05) is 24.3 Å². The van der Waals surface area contributed by atoms with Crippen LogP contribution in [0.4, 0.5) is 0 Å². The first-order chi connectivity index (χ1) is 6.29. The quantitative estimate of drug-likeness (QED) is 0.650. The zero-order valence-corrected chi connectivity index (χ0v) is 7.62. The fourth-order valence-electron chi connectivity index (χ4n) is 1.71. The van der Waals surface area contributed by atoms with Crippen LogP contribution in [0.1, 0.15) is 17.0 Å². The summed E-state index contributed by atoms with van der Waals surface area (Å²) < 4.78 is 5.13. The number of benzene rings is 1. The molecule has 13 heavy (non-hydrogen) atoms. The van der Waals surface area contributed by atoms with Crippen molar-refractivity contribution in [2.45, 2.75) is 12.8 Å². The van der Waals surface area contributed by atoms with Gasteiger partial charge in [0.15, 0.2) is 5.78 Å². The SMILES string of the molecule is Cc1ccccc1[C@@H]1COCC1=O. The van der Waals surface area contributed by atoms with E-state index < -0.39 is 0 Å². The summed E-state index contributed by atoms with van der Waals surface area (Å²) in [5, 5.41) is 0. The number of aryl methyl sites for hydroxylation is 1. The van der Waals surface area contributed by atoms with Crippen molar-refractivity contribution in [1.82, 2.24) is 0 Å². The largest absolute Gasteiger partial charge is 0.373 e. The van der Waals surface area contributed by atoms with E-state index >= 15 is 0 Å². The molecule has 0 bridgehead atoms. The van der Waals surface area contributed by atoms with Gasteiger partial charge in [-0.05, 0) is 18.1 Å². The first-order valence-corrected chi connectivity index (χ1v) is 4.45. The Morgan fingerprint density at radius 3 is 2.77 bits per heavy atom. The predicted molar refractivity (Wildman–Crippen MR) is 49.7 cm³/mol. The second-order valence-electron chi connectivity index (χ2n) is 3.39. The molecule has 1 aromatic carbocycles. The smallest absolute Gasteiger partial charge is 0.168 e. The predicted octanol–water partition coefficient (Wildman–Crippen LogP) is 1.68. The van der Waals surface area contributed by atoms with Crippen LogP contribution in [0.3, 0.4) is 0 Å². The number of carbonyl (C=O) groups is 1. The molecule has 0 radical (unpaired) electrons. The molecule has 1 fully saturated rings. The lowest BCUT2D eigenvalue weighted by Crippen LogP contribution is -2.10. The van der Waals surface area contributed by atoms with Gasteiger partial charge in [-0.3, -0.25) is 4.79 Å². The zero-order valence-electron chi connectivity index (χ0n) is 7.62. The molecule has 1 saturated heterocycles. The second-order valence-corrected chi connectivity index (χ2v) is 3.39. The van der Waals surface area contributed by atoms with Crippen molar-refractivity contribution < 1.29 is 9.53 Å². The number of rotatable bonds is 1. The zero-order chi connectivity index (χ0) is 9.26. The summed E-state index contributed by atoms with van der Waals surface area (Å²) in [6, 6.07) is 7.99. The molecule has 0 aromatic heterocycles. The number of hydrogen-bond donors (Lipinski definition) is 0. The number of hydrogen-bond acceptors (Lipinski definition) is 2. The minimum atomic E-state index is -0.0267. The monoisotopic (exact) mass is 176 g/mol. The lowest BCUT2D eigenvalue weighted by atomic mass is 9.94. The van der Waals surface area contributed by atoms with Crippen LogP contribution in [0.25, 0.3) is 0 Å². The fraction of sp³-hybridized carbons (Fsp3) is 0.364. The highest BCUT2D eigenvalue weighted by molar-refractivity contribution is 5.88. The van der Waals surface area contributed by atoms with Gasteiger partial charge in [0.25, 0.3) is 0 Å². The molecule has 68 valence electrons. The summed E-state index contributed by atoms with van der Waals surface area (Å²) in [6.07, 6.45) is 0. The summed E-state index contributed by atoms with van der Waals surface area (Å²) in [7, 11) is 0. The Morgan fingerprint density at radius 1 is 1.38 bits per heavy atom. The Morgan fingerprint density at radius 2 is 2.15 bits per heavy atom. The minimum absolute atomic E-state index is 0.0267. The average molecular weight is 176 g/mol. The molecule has 0 unspecified atom stereocenters. The normalized spacial score (nSPS) is 22.2. The van der Waals surface area contributed by atoms with Crippen LogP contribution in [-0.4, -0.2) is 19.0 Å². The van der Waals surface area contributed by atoms with E-state index in [4.69, 9.17) is 4.74 Å². The van der Waals surface area contributed by atoms with E-state index in [0.29, 0.717) is 6.61 Å². The molecule has 0 aliphatic carbocycles. The minimum Gasteiger partial charge on any atom is -0.373 e. The van der Waals surface area contributed by atoms with Gasteiger partial charge in [-0.2, -0.15) is 0 Å². The molecular weight excluding hydrogens is 164 g/mol. The Hall–Kier alpha value is -1.15. The van der Waals surface area contributed by atoms with E-state index in [2.05, 4.69) is 0 Å². The van der Waals surface area contributed by atoms with Gasteiger partial charge in [0, 0.05) is 0 Å². The van der Waals surface area contributed by atoms with Gasteiger partial charge in [0.2, 0.25) is 0 Å². The van der Waals surface area contributed by atoms with Crippen LogP contribution in [0, 0.1) is 6.92 Å². The van der Waals surface area contributed by atoms with Gasteiger partial charge in [-0.15, -0.1) is 0 Å². The molecule has 0 saturated carbocycles. The van der Waals surface area contributed by atoms with E-state index in [1.165, 1.54) is 5.56 Å². The fourth-order valence-corrected chi connectivity index (χ4v) is 1.71. The number of ether oxygens (including phenoxy) is 1. The Bertz CT molecular complexity index is 331.